The fraction of sp³-hybridized carbons (Fsp3) is 0.917. The molecule has 1 fully saturated rings. The van der Waals surface area contributed by atoms with Crippen LogP contribution < -0.4 is 0 Å². The maximum atomic E-state index is 11.8. The van der Waals surface area contributed by atoms with Gasteiger partial charge in [-0.05, 0) is 38.8 Å². The molecule has 1 aliphatic heterocycles. The van der Waals surface area contributed by atoms with E-state index in [9.17, 15) is 4.79 Å². The highest BCUT2D eigenvalue weighted by Crippen LogP contribution is 2.19. The first-order valence-corrected chi connectivity index (χ1v) is 6.06. The molecule has 82 valence electrons. The lowest BCUT2D eigenvalue weighted by Gasteiger charge is -2.34. The molecule has 2 nitrogen and oxygen atoms in total. The van der Waals surface area contributed by atoms with E-state index in [4.69, 9.17) is 0 Å². The summed E-state index contributed by atoms with van der Waals surface area (Å²) in [7, 11) is 0. The van der Waals surface area contributed by atoms with Crippen molar-refractivity contribution in [2.75, 3.05) is 13.1 Å². The molecule has 1 saturated heterocycles. The smallest absolute Gasteiger partial charge is 0.149 e. The molecule has 1 heterocycles. The molecule has 14 heavy (non-hydrogen) atoms. The number of likely N-dealkylation sites (tertiary alicyclic amines) is 1. The highest BCUT2D eigenvalue weighted by molar-refractivity contribution is 5.84. The topological polar surface area (TPSA) is 20.3 Å². The van der Waals surface area contributed by atoms with Crippen LogP contribution in [0.4, 0.5) is 0 Å². The summed E-state index contributed by atoms with van der Waals surface area (Å²) in [5.41, 5.74) is 0. The summed E-state index contributed by atoms with van der Waals surface area (Å²) >= 11 is 0. The van der Waals surface area contributed by atoms with E-state index in [1.165, 1.54) is 12.8 Å². The lowest BCUT2D eigenvalue weighted by molar-refractivity contribution is -0.125. The van der Waals surface area contributed by atoms with Gasteiger partial charge in [-0.15, -0.1) is 0 Å². The fourth-order valence-corrected chi connectivity index (χ4v) is 2.32. The standard InChI is InChI=1S/C12H23NO/c1-3-7-12(14)11-8-5-6-10-13(11)9-4-2/h11H,3-10H2,1-2H3. The van der Waals surface area contributed by atoms with Gasteiger partial charge in [-0.2, -0.15) is 0 Å². The minimum absolute atomic E-state index is 0.253. The number of rotatable bonds is 5. The van der Waals surface area contributed by atoms with E-state index in [1.807, 2.05) is 0 Å². The first-order valence-electron chi connectivity index (χ1n) is 6.06. The summed E-state index contributed by atoms with van der Waals surface area (Å²) in [6.07, 6.45) is 6.53. The van der Waals surface area contributed by atoms with Crippen LogP contribution in [0.15, 0.2) is 0 Å². The minimum Gasteiger partial charge on any atom is -0.298 e. The number of nitrogens with zero attached hydrogens (tertiary/aromatic N) is 1. The number of hydrogen-bond donors (Lipinski definition) is 0. The summed E-state index contributed by atoms with van der Waals surface area (Å²) < 4.78 is 0. The lowest BCUT2D eigenvalue weighted by Crippen LogP contribution is -2.44. The normalized spacial score (nSPS) is 23.7. The SMILES string of the molecule is CCCC(=O)C1CCCCN1CCC. The number of piperidine rings is 1. The van der Waals surface area contributed by atoms with Crippen LogP contribution in [0.3, 0.4) is 0 Å². The molecule has 0 N–H and O–H groups in total. The summed E-state index contributed by atoms with van der Waals surface area (Å²) in [5.74, 6) is 0.473. The maximum Gasteiger partial charge on any atom is 0.149 e. The molecule has 0 saturated carbocycles. The number of hydrogen-bond acceptors (Lipinski definition) is 2. The van der Waals surface area contributed by atoms with Crippen molar-refractivity contribution in [2.45, 2.75) is 58.4 Å². The highest BCUT2D eigenvalue weighted by atomic mass is 16.1. The molecule has 0 bridgehead atoms. The van der Waals surface area contributed by atoms with Crippen LogP contribution in [0.5, 0.6) is 0 Å². The quantitative estimate of drug-likeness (QED) is 0.675. The Kier molecular flexibility index (Phi) is 5.16. The van der Waals surface area contributed by atoms with Gasteiger partial charge in [0, 0.05) is 6.42 Å². The Morgan fingerprint density at radius 1 is 1.29 bits per heavy atom. The molecular weight excluding hydrogens is 174 g/mol. The predicted octanol–water partition coefficient (Wildman–Crippen LogP) is 2.62. The molecule has 1 atom stereocenters. The van der Waals surface area contributed by atoms with E-state index in [0.29, 0.717) is 5.78 Å². The van der Waals surface area contributed by atoms with Crippen LogP contribution in [-0.2, 0) is 4.79 Å². The molecule has 1 unspecified atom stereocenters. The Hall–Kier alpha value is -0.370. The summed E-state index contributed by atoms with van der Waals surface area (Å²) in [6.45, 7) is 6.51. The number of carbonyl (C=O) groups is 1. The second kappa shape index (κ2) is 6.18. The zero-order valence-electron chi connectivity index (χ0n) is 9.59. The van der Waals surface area contributed by atoms with Crippen molar-refractivity contribution < 1.29 is 4.79 Å². The number of Topliss-reactive ketones (excluding diaryl/α,β-unsaturated/α-hetero) is 1. The Labute approximate surface area is 87.7 Å². The Balaban J connectivity index is 2.48. The highest BCUT2D eigenvalue weighted by Gasteiger charge is 2.26. The van der Waals surface area contributed by atoms with E-state index in [-0.39, 0.29) is 6.04 Å². The average Bonchev–Trinajstić information content (AvgIpc) is 2.19. The Morgan fingerprint density at radius 2 is 2.07 bits per heavy atom. The van der Waals surface area contributed by atoms with Crippen molar-refractivity contribution in [3.63, 3.8) is 0 Å². The largest absolute Gasteiger partial charge is 0.298 e. The molecule has 2 heteroatoms. The molecule has 0 aromatic carbocycles. The van der Waals surface area contributed by atoms with Crippen LogP contribution in [0.2, 0.25) is 0 Å². The Bertz CT molecular complexity index is 177. The van der Waals surface area contributed by atoms with Crippen LogP contribution in [0.25, 0.3) is 0 Å². The van der Waals surface area contributed by atoms with Gasteiger partial charge in [-0.25, -0.2) is 0 Å². The lowest BCUT2D eigenvalue weighted by atomic mass is 9.96. The van der Waals surface area contributed by atoms with Gasteiger partial charge in [0.05, 0.1) is 6.04 Å². The number of carbonyl (C=O) groups excluding carboxylic acids is 1. The zero-order chi connectivity index (χ0) is 10.4. The van der Waals surface area contributed by atoms with Crippen molar-refractivity contribution in [2.24, 2.45) is 0 Å². The minimum atomic E-state index is 0.253. The Morgan fingerprint density at radius 3 is 2.71 bits per heavy atom. The summed E-state index contributed by atoms with van der Waals surface area (Å²) in [5, 5.41) is 0. The molecule has 0 aromatic heterocycles. The molecule has 0 spiro atoms. The van der Waals surface area contributed by atoms with Gasteiger partial charge >= 0.3 is 0 Å². The van der Waals surface area contributed by atoms with Crippen molar-refractivity contribution in [1.29, 1.82) is 0 Å². The molecular formula is C12H23NO. The molecule has 1 rings (SSSR count). The van der Waals surface area contributed by atoms with Gasteiger partial charge in [-0.1, -0.05) is 20.3 Å². The van der Waals surface area contributed by atoms with Gasteiger partial charge in [0.15, 0.2) is 0 Å². The van der Waals surface area contributed by atoms with Crippen molar-refractivity contribution in [3.8, 4) is 0 Å². The van der Waals surface area contributed by atoms with Crippen LogP contribution >= 0.6 is 0 Å². The molecule has 1 aliphatic rings. The number of ketones is 1. The maximum absolute atomic E-state index is 11.8. The third-order valence-electron chi connectivity index (χ3n) is 2.99. The third kappa shape index (κ3) is 3.09. The summed E-state index contributed by atoms with van der Waals surface area (Å²) in [4.78, 5) is 14.2. The van der Waals surface area contributed by atoms with Crippen LogP contribution in [0, 0.1) is 0 Å². The first kappa shape index (κ1) is 11.7. The van der Waals surface area contributed by atoms with E-state index in [0.717, 1.165) is 38.8 Å². The van der Waals surface area contributed by atoms with Gasteiger partial charge < -0.3 is 0 Å². The van der Waals surface area contributed by atoms with Crippen molar-refractivity contribution in [1.82, 2.24) is 4.90 Å². The van der Waals surface area contributed by atoms with E-state index in [2.05, 4.69) is 18.7 Å². The first-order chi connectivity index (χ1) is 6.79. The summed E-state index contributed by atoms with van der Waals surface area (Å²) in [6, 6.07) is 0.253. The van der Waals surface area contributed by atoms with Gasteiger partial charge in [-0.3, -0.25) is 9.69 Å². The van der Waals surface area contributed by atoms with Crippen molar-refractivity contribution >= 4 is 5.78 Å². The van der Waals surface area contributed by atoms with Gasteiger partial charge in [0.1, 0.15) is 5.78 Å². The van der Waals surface area contributed by atoms with Crippen molar-refractivity contribution in [3.05, 3.63) is 0 Å². The molecule has 0 aliphatic carbocycles. The predicted molar refractivity (Wildman–Crippen MR) is 59.4 cm³/mol. The van der Waals surface area contributed by atoms with E-state index < -0.39 is 0 Å². The van der Waals surface area contributed by atoms with Crippen LogP contribution in [-0.4, -0.2) is 29.8 Å². The monoisotopic (exact) mass is 197 g/mol. The van der Waals surface area contributed by atoms with Gasteiger partial charge in [0.2, 0.25) is 0 Å². The third-order valence-corrected chi connectivity index (χ3v) is 2.99. The van der Waals surface area contributed by atoms with Crippen LogP contribution in [0.1, 0.15) is 52.4 Å². The van der Waals surface area contributed by atoms with E-state index in [1.54, 1.807) is 0 Å². The molecule has 0 radical (unpaired) electrons. The fourth-order valence-electron chi connectivity index (χ4n) is 2.32. The van der Waals surface area contributed by atoms with E-state index >= 15 is 0 Å². The second-order valence-electron chi connectivity index (χ2n) is 4.26. The molecule has 0 aromatic rings. The average molecular weight is 197 g/mol. The van der Waals surface area contributed by atoms with Gasteiger partial charge in [0.25, 0.3) is 0 Å². The zero-order valence-corrected chi connectivity index (χ0v) is 9.59. The second-order valence-corrected chi connectivity index (χ2v) is 4.26. The molecule has 0 amide bonds.